The highest BCUT2D eigenvalue weighted by atomic mass is 79.9. The predicted molar refractivity (Wildman–Crippen MR) is 70.0 cm³/mol. The fourth-order valence-electron chi connectivity index (χ4n) is 1.52. The van der Waals surface area contributed by atoms with Crippen LogP contribution in [0.5, 0.6) is 0 Å². The normalized spacial score (nSPS) is 10.2. The number of halogens is 2. The maximum Gasteiger partial charge on any atom is 0.228 e. The summed E-state index contributed by atoms with van der Waals surface area (Å²) in [6, 6.07) is 4.97. The van der Waals surface area contributed by atoms with Crippen LogP contribution >= 0.6 is 15.9 Å². The van der Waals surface area contributed by atoms with Crippen molar-refractivity contribution in [3.63, 3.8) is 0 Å². The Kier molecular flexibility index (Phi) is 4.12. The zero-order chi connectivity index (χ0) is 13.8. The van der Waals surface area contributed by atoms with Gasteiger partial charge in [-0.05, 0) is 35.0 Å². The van der Waals surface area contributed by atoms with Crippen LogP contribution in [0.2, 0.25) is 0 Å². The third kappa shape index (κ3) is 3.09. The highest BCUT2D eigenvalue weighted by Gasteiger charge is 2.11. The first-order chi connectivity index (χ1) is 9.11. The summed E-state index contributed by atoms with van der Waals surface area (Å²) in [6.07, 6.45) is 0.498. The molecular formula is C12H10BrFN4O. The Morgan fingerprint density at radius 1 is 1.53 bits per heavy atom. The minimum absolute atomic E-state index is 0.161. The second-order valence-corrected chi connectivity index (χ2v) is 4.61. The van der Waals surface area contributed by atoms with Crippen LogP contribution < -0.4 is 5.32 Å². The largest absolute Gasteiger partial charge is 0.382 e. The lowest BCUT2D eigenvalue weighted by Gasteiger charge is -2.08. The van der Waals surface area contributed by atoms with E-state index in [1.165, 1.54) is 6.07 Å². The zero-order valence-corrected chi connectivity index (χ0v) is 11.7. The summed E-state index contributed by atoms with van der Waals surface area (Å²) in [5.74, 6) is 0.584. The van der Waals surface area contributed by atoms with E-state index in [1.807, 2.05) is 6.07 Å². The molecule has 0 atom stereocenters. The molecule has 19 heavy (non-hydrogen) atoms. The second kappa shape index (κ2) is 5.80. The molecule has 0 aliphatic heterocycles. The quantitative estimate of drug-likeness (QED) is 0.935. The smallest absolute Gasteiger partial charge is 0.228 e. The number of hydrogen-bond acceptors (Lipinski definition) is 5. The number of nitriles is 1. The van der Waals surface area contributed by atoms with E-state index in [4.69, 9.17) is 9.78 Å². The first-order valence-electron chi connectivity index (χ1n) is 5.53. The maximum atomic E-state index is 13.9. The predicted octanol–water partition coefficient (Wildman–Crippen LogP) is 2.81. The molecule has 0 saturated heterocycles. The third-order valence-electron chi connectivity index (χ3n) is 2.43. The topological polar surface area (TPSA) is 74.7 Å². The average molecular weight is 325 g/mol. The Bertz CT molecular complexity index is 635. The first-order valence-corrected chi connectivity index (χ1v) is 6.32. The van der Waals surface area contributed by atoms with Crippen molar-refractivity contribution in [3.8, 4) is 6.07 Å². The van der Waals surface area contributed by atoms with Gasteiger partial charge in [0.25, 0.3) is 0 Å². The van der Waals surface area contributed by atoms with Gasteiger partial charge >= 0.3 is 0 Å². The van der Waals surface area contributed by atoms with Crippen LogP contribution in [0.15, 0.2) is 21.1 Å². The van der Waals surface area contributed by atoms with Gasteiger partial charge in [-0.3, -0.25) is 0 Å². The van der Waals surface area contributed by atoms with Crippen molar-refractivity contribution in [3.05, 3.63) is 39.7 Å². The van der Waals surface area contributed by atoms with Crippen molar-refractivity contribution in [2.45, 2.75) is 13.3 Å². The lowest BCUT2D eigenvalue weighted by Crippen LogP contribution is -2.07. The molecule has 2 aromatic rings. The molecule has 5 nitrogen and oxygen atoms in total. The molecule has 1 aromatic heterocycles. The molecule has 2 rings (SSSR count). The molecule has 7 heteroatoms. The summed E-state index contributed by atoms with van der Waals surface area (Å²) < 4.78 is 19.0. The van der Waals surface area contributed by atoms with E-state index >= 15 is 0 Å². The van der Waals surface area contributed by atoms with Gasteiger partial charge in [0.05, 0.1) is 15.7 Å². The number of nitrogens with zero attached hydrogens (tertiary/aromatic N) is 3. The number of rotatable bonds is 4. The van der Waals surface area contributed by atoms with Gasteiger partial charge in [0.1, 0.15) is 6.07 Å². The Morgan fingerprint density at radius 3 is 2.95 bits per heavy atom. The number of aromatic nitrogens is 2. The lowest BCUT2D eigenvalue weighted by molar-refractivity contribution is 0.377. The van der Waals surface area contributed by atoms with Gasteiger partial charge < -0.3 is 9.84 Å². The fraction of sp³-hybridized carbons (Fsp3) is 0.250. The van der Waals surface area contributed by atoms with Crippen LogP contribution in [0.1, 0.15) is 17.3 Å². The van der Waals surface area contributed by atoms with Crippen molar-refractivity contribution in [2.24, 2.45) is 0 Å². The fourth-order valence-corrected chi connectivity index (χ4v) is 1.95. The molecule has 0 fully saturated rings. The highest BCUT2D eigenvalue weighted by molar-refractivity contribution is 9.10. The van der Waals surface area contributed by atoms with Gasteiger partial charge in [-0.15, -0.1) is 0 Å². The number of benzene rings is 1. The molecule has 0 aliphatic rings. The summed E-state index contributed by atoms with van der Waals surface area (Å²) in [5, 5.41) is 15.4. The third-order valence-corrected chi connectivity index (χ3v) is 3.20. The monoisotopic (exact) mass is 324 g/mol. The van der Waals surface area contributed by atoms with E-state index in [2.05, 4.69) is 31.4 Å². The summed E-state index contributed by atoms with van der Waals surface area (Å²) in [6.45, 7) is 2.19. The summed E-state index contributed by atoms with van der Waals surface area (Å²) >= 11 is 3.05. The van der Waals surface area contributed by atoms with Crippen LogP contribution in [-0.4, -0.2) is 16.7 Å². The molecule has 1 aromatic carbocycles. The van der Waals surface area contributed by atoms with Crippen LogP contribution in [0.25, 0.3) is 0 Å². The van der Waals surface area contributed by atoms with E-state index in [0.717, 1.165) is 0 Å². The maximum absolute atomic E-state index is 13.9. The molecule has 0 amide bonds. The minimum atomic E-state index is -0.485. The molecule has 0 saturated carbocycles. The van der Waals surface area contributed by atoms with Gasteiger partial charge in [-0.25, -0.2) is 4.39 Å². The Labute approximate surface area is 117 Å². The standard InChI is InChI=1S/C12H10BrFN4O/c1-7-17-10(19-18-7)4-5-16-9-3-2-8(6-15)11(13)12(9)14/h2-3,16H,4-5H2,1H3. The van der Waals surface area contributed by atoms with E-state index in [1.54, 1.807) is 13.0 Å². The molecule has 1 N–H and O–H groups in total. The lowest BCUT2D eigenvalue weighted by atomic mass is 10.2. The Hall–Kier alpha value is -1.94. The van der Waals surface area contributed by atoms with E-state index in [-0.39, 0.29) is 10.0 Å². The zero-order valence-electron chi connectivity index (χ0n) is 10.1. The summed E-state index contributed by atoms with van der Waals surface area (Å²) in [7, 11) is 0. The van der Waals surface area contributed by atoms with E-state index in [9.17, 15) is 4.39 Å². The van der Waals surface area contributed by atoms with Crippen molar-refractivity contribution >= 4 is 21.6 Å². The van der Waals surface area contributed by atoms with Gasteiger partial charge in [-0.1, -0.05) is 5.16 Å². The molecule has 0 bridgehead atoms. The average Bonchev–Trinajstić information content (AvgIpc) is 2.81. The number of nitrogens with one attached hydrogen (secondary N) is 1. The number of hydrogen-bond donors (Lipinski definition) is 1. The first kappa shape index (κ1) is 13.5. The molecule has 0 aliphatic carbocycles. The van der Waals surface area contributed by atoms with E-state index in [0.29, 0.717) is 30.4 Å². The van der Waals surface area contributed by atoms with Crippen LogP contribution in [0, 0.1) is 24.1 Å². The van der Waals surface area contributed by atoms with Crippen molar-refractivity contribution in [2.75, 3.05) is 11.9 Å². The van der Waals surface area contributed by atoms with Gasteiger partial charge in [-0.2, -0.15) is 10.2 Å². The molecule has 0 spiro atoms. The van der Waals surface area contributed by atoms with Crippen molar-refractivity contribution in [1.82, 2.24) is 10.1 Å². The highest BCUT2D eigenvalue weighted by Crippen LogP contribution is 2.26. The SMILES string of the molecule is Cc1noc(CCNc2ccc(C#N)c(Br)c2F)n1. The van der Waals surface area contributed by atoms with Crippen LogP contribution in [-0.2, 0) is 6.42 Å². The number of aryl methyl sites for hydroxylation is 1. The molecule has 0 radical (unpaired) electrons. The number of anilines is 1. The molecule has 1 heterocycles. The van der Waals surface area contributed by atoms with Crippen LogP contribution in [0.3, 0.4) is 0 Å². The minimum Gasteiger partial charge on any atom is -0.382 e. The summed E-state index contributed by atoms with van der Waals surface area (Å²) in [4.78, 5) is 4.05. The van der Waals surface area contributed by atoms with Gasteiger partial charge in [0.2, 0.25) is 5.89 Å². The molecular weight excluding hydrogens is 315 g/mol. The van der Waals surface area contributed by atoms with Crippen molar-refractivity contribution < 1.29 is 8.91 Å². The van der Waals surface area contributed by atoms with E-state index < -0.39 is 5.82 Å². The van der Waals surface area contributed by atoms with Gasteiger partial charge in [0, 0.05) is 13.0 Å². The Morgan fingerprint density at radius 2 is 2.32 bits per heavy atom. The summed E-state index contributed by atoms with van der Waals surface area (Å²) in [5.41, 5.74) is 0.581. The second-order valence-electron chi connectivity index (χ2n) is 3.81. The molecule has 98 valence electrons. The van der Waals surface area contributed by atoms with Gasteiger partial charge in [0.15, 0.2) is 11.6 Å². The molecule has 0 unspecified atom stereocenters. The van der Waals surface area contributed by atoms with Crippen molar-refractivity contribution in [1.29, 1.82) is 5.26 Å². The van der Waals surface area contributed by atoms with Crippen LogP contribution in [0.4, 0.5) is 10.1 Å². The Balaban J connectivity index is 2.00.